The predicted octanol–water partition coefficient (Wildman–Crippen LogP) is 3.19. The summed E-state index contributed by atoms with van der Waals surface area (Å²) < 4.78 is 11.9. The maximum Gasteiger partial charge on any atom is 0.310 e. The summed E-state index contributed by atoms with van der Waals surface area (Å²) in [5.41, 5.74) is -0.294. The van der Waals surface area contributed by atoms with Gasteiger partial charge >= 0.3 is 11.9 Å². The fourth-order valence-electron chi connectivity index (χ4n) is 8.28. The fourth-order valence-corrected chi connectivity index (χ4v) is 8.28. The van der Waals surface area contributed by atoms with E-state index in [1.54, 1.807) is 0 Å². The Balaban J connectivity index is 1.27. The number of hydrogen-bond donors (Lipinski definition) is 0. The zero-order valence-electron chi connectivity index (χ0n) is 15.1. The predicted molar refractivity (Wildman–Crippen MR) is 89.2 cm³/mol. The van der Waals surface area contributed by atoms with E-state index in [2.05, 4.69) is 13.8 Å². The summed E-state index contributed by atoms with van der Waals surface area (Å²) >= 11 is 0. The van der Waals surface area contributed by atoms with Crippen LogP contribution in [0.3, 0.4) is 0 Å². The molecule has 7 rings (SSSR count). The van der Waals surface area contributed by atoms with Crippen LogP contribution >= 0.6 is 0 Å². The number of hydrogen-bond acceptors (Lipinski definition) is 4. The van der Waals surface area contributed by atoms with Crippen molar-refractivity contribution in [3.63, 3.8) is 0 Å². The smallest absolute Gasteiger partial charge is 0.310 e. The maximum absolute atomic E-state index is 13.3. The van der Waals surface area contributed by atoms with E-state index in [4.69, 9.17) is 9.47 Å². The van der Waals surface area contributed by atoms with Gasteiger partial charge in [-0.3, -0.25) is 9.59 Å². The standard InChI is InChI=1S/C21H28O4/c1-9-14-8-15-17(19(22)24-18(9)15)16(14)20(23)25-21(2)12-4-10-3-11(6-12)7-13(21)5-10/h9-18H,3-8H2,1-2H3. The number of rotatable bonds is 2. The second-order valence-corrected chi connectivity index (χ2v) is 10.3. The van der Waals surface area contributed by atoms with Gasteiger partial charge in [-0.2, -0.15) is 0 Å². The molecule has 4 nitrogen and oxygen atoms in total. The summed E-state index contributed by atoms with van der Waals surface area (Å²) in [4.78, 5) is 25.6. The molecule has 7 fully saturated rings. The normalized spacial score (nSPS) is 60.2. The van der Waals surface area contributed by atoms with Crippen LogP contribution in [0.15, 0.2) is 0 Å². The van der Waals surface area contributed by atoms with Crippen LogP contribution in [0.5, 0.6) is 0 Å². The summed E-state index contributed by atoms with van der Waals surface area (Å²) in [6, 6.07) is 0. The van der Waals surface area contributed by atoms with Crippen molar-refractivity contribution in [2.75, 3.05) is 0 Å². The van der Waals surface area contributed by atoms with E-state index in [9.17, 15) is 9.59 Å². The average molecular weight is 344 g/mol. The first-order chi connectivity index (χ1) is 12.0. The van der Waals surface area contributed by atoms with E-state index in [0.29, 0.717) is 17.8 Å². The second-order valence-electron chi connectivity index (χ2n) is 10.3. The highest BCUT2D eigenvalue weighted by molar-refractivity contribution is 5.86. The van der Waals surface area contributed by atoms with Crippen molar-refractivity contribution in [2.45, 2.75) is 64.1 Å². The largest absolute Gasteiger partial charge is 0.462 e. The van der Waals surface area contributed by atoms with E-state index in [1.807, 2.05) is 0 Å². The van der Waals surface area contributed by atoms with Crippen molar-refractivity contribution < 1.29 is 19.1 Å². The quantitative estimate of drug-likeness (QED) is 0.722. The van der Waals surface area contributed by atoms with Gasteiger partial charge in [-0.1, -0.05) is 6.92 Å². The molecule has 6 bridgehead atoms. The Morgan fingerprint density at radius 2 is 1.68 bits per heavy atom. The Morgan fingerprint density at radius 3 is 2.32 bits per heavy atom. The molecule has 25 heavy (non-hydrogen) atoms. The molecule has 0 amide bonds. The summed E-state index contributed by atoms with van der Waals surface area (Å²) in [6.07, 6.45) is 7.36. The number of fused-ring (bicyclic) bond motifs is 1. The second kappa shape index (κ2) is 4.61. The summed E-state index contributed by atoms with van der Waals surface area (Å²) in [5, 5.41) is 0. The molecule has 6 atom stereocenters. The lowest BCUT2D eigenvalue weighted by Gasteiger charge is -2.59. The minimum Gasteiger partial charge on any atom is -0.462 e. The lowest BCUT2D eigenvalue weighted by atomic mass is 9.50. The first-order valence-corrected chi connectivity index (χ1v) is 10.4. The minimum absolute atomic E-state index is 0.0586. The van der Waals surface area contributed by atoms with Gasteiger partial charge in [0.2, 0.25) is 0 Å². The Labute approximate surface area is 149 Å². The van der Waals surface area contributed by atoms with E-state index in [1.165, 1.54) is 32.1 Å². The molecular formula is C21H28O4. The molecule has 7 aliphatic rings. The van der Waals surface area contributed by atoms with Gasteiger partial charge in [0, 0.05) is 5.92 Å². The van der Waals surface area contributed by atoms with Gasteiger partial charge < -0.3 is 9.47 Å². The summed E-state index contributed by atoms with van der Waals surface area (Å²) in [5.74, 6) is 2.94. The number of esters is 2. The Hall–Kier alpha value is -1.06. The van der Waals surface area contributed by atoms with Crippen LogP contribution in [-0.2, 0) is 19.1 Å². The van der Waals surface area contributed by atoms with E-state index < -0.39 is 0 Å². The van der Waals surface area contributed by atoms with Gasteiger partial charge in [-0.15, -0.1) is 0 Å². The maximum atomic E-state index is 13.3. The fraction of sp³-hybridized carbons (Fsp3) is 0.905. The van der Waals surface area contributed by atoms with Gasteiger partial charge in [0.05, 0.1) is 11.8 Å². The topological polar surface area (TPSA) is 52.6 Å². The molecule has 136 valence electrons. The average Bonchev–Trinajstić information content (AvgIpc) is 3.16. The monoisotopic (exact) mass is 344 g/mol. The summed E-state index contributed by atoms with van der Waals surface area (Å²) in [7, 11) is 0. The molecule has 1 saturated heterocycles. The zero-order chi connectivity index (χ0) is 17.1. The molecule has 0 aromatic heterocycles. The van der Waals surface area contributed by atoms with E-state index in [-0.39, 0.29) is 47.3 Å². The molecule has 4 heteroatoms. The van der Waals surface area contributed by atoms with Crippen LogP contribution in [0.2, 0.25) is 0 Å². The van der Waals surface area contributed by atoms with Gasteiger partial charge in [0.15, 0.2) is 0 Å². The highest BCUT2D eigenvalue weighted by Gasteiger charge is 2.68. The molecule has 1 heterocycles. The van der Waals surface area contributed by atoms with Gasteiger partial charge in [-0.05, 0) is 81.0 Å². The molecule has 1 aliphatic heterocycles. The third-order valence-electron chi connectivity index (χ3n) is 9.35. The first-order valence-electron chi connectivity index (χ1n) is 10.4. The molecule has 6 saturated carbocycles. The lowest BCUT2D eigenvalue weighted by molar-refractivity contribution is -0.210. The highest BCUT2D eigenvalue weighted by Crippen LogP contribution is 2.63. The van der Waals surface area contributed by atoms with E-state index in [0.717, 1.165) is 18.3 Å². The van der Waals surface area contributed by atoms with Crippen LogP contribution in [0.4, 0.5) is 0 Å². The van der Waals surface area contributed by atoms with Crippen molar-refractivity contribution in [2.24, 2.45) is 53.3 Å². The van der Waals surface area contributed by atoms with Crippen molar-refractivity contribution >= 4 is 11.9 Å². The van der Waals surface area contributed by atoms with E-state index >= 15 is 0 Å². The summed E-state index contributed by atoms with van der Waals surface area (Å²) in [6.45, 7) is 4.35. The molecule has 0 N–H and O–H groups in total. The van der Waals surface area contributed by atoms with Gasteiger partial charge in [0.1, 0.15) is 11.7 Å². The van der Waals surface area contributed by atoms with Crippen molar-refractivity contribution in [1.29, 1.82) is 0 Å². The minimum atomic E-state index is -0.294. The van der Waals surface area contributed by atoms with Crippen molar-refractivity contribution in [1.82, 2.24) is 0 Å². The SMILES string of the molecule is CC1C2CC3C1OC(=O)C3C2C(=O)OC1(C)C2CC3CC(C2)CC1C3. The molecule has 0 spiro atoms. The number of carbonyl (C=O) groups excluding carboxylic acids is 2. The van der Waals surface area contributed by atoms with Gasteiger partial charge in [-0.25, -0.2) is 0 Å². The van der Waals surface area contributed by atoms with Crippen LogP contribution < -0.4 is 0 Å². The Kier molecular flexibility index (Phi) is 2.77. The van der Waals surface area contributed by atoms with Crippen LogP contribution in [0, 0.1) is 53.3 Å². The molecule has 0 aromatic rings. The Bertz CT molecular complexity index is 626. The first kappa shape index (κ1) is 15.0. The lowest BCUT2D eigenvalue weighted by Crippen LogP contribution is -2.58. The molecular weight excluding hydrogens is 316 g/mol. The highest BCUT2D eigenvalue weighted by atomic mass is 16.6. The number of carbonyl (C=O) groups is 2. The van der Waals surface area contributed by atoms with Crippen LogP contribution in [0.1, 0.15) is 52.4 Å². The molecule has 6 unspecified atom stereocenters. The number of ether oxygens (including phenoxy) is 2. The molecule has 0 radical (unpaired) electrons. The molecule has 6 aliphatic carbocycles. The van der Waals surface area contributed by atoms with Gasteiger partial charge in [0.25, 0.3) is 0 Å². The van der Waals surface area contributed by atoms with Crippen LogP contribution in [0.25, 0.3) is 0 Å². The van der Waals surface area contributed by atoms with Crippen molar-refractivity contribution in [3.05, 3.63) is 0 Å². The van der Waals surface area contributed by atoms with Crippen LogP contribution in [-0.4, -0.2) is 23.6 Å². The van der Waals surface area contributed by atoms with Crippen molar-refractivity contribution in [3.8, 4) is 0 Å². The third-order valence-corrected chi connectivity index (χ3v) is 9.35. The zero-order valence-corrected chi connectivity index (χ0v) is 15.1. The molecule has 0 aromatic carbocycles. The third kappa shape index (κ3) is 1.74. The Morgan fingerprint density at radius 1 is 1.04 bits per heavy atom.